The molecule has 0 fully saturated rings. The van der Waals surface area contributed by atoms with E-state index in [-0.39, 0.29) is 0 Å². The van der Waals surface area contributed by atoms with Crippen LogP contribution in [0.1, 0.15) is 24.4 Å². The predicted octanol–water partition coefficient (Wildman–Crippen LogP) is 3.80. The standard InChI is InChI=1S/C12H15NS/c1-8(2)7-10-5-4-6-11-12(10)13-9(3)14-11/h4-6,8H,7H2,1-3H3. The highest BCUT2D eigenvalue weighted by Gasteiger charge is 2.06. The van der Waals surface area contributed by atoms with Crippen LogP contribution >= 0.6 is 11.3 Å². The topological polar surface area (TPSA) is 12.9 Å². The molecule has 0 saturated carbocycles. The van der Waals surface area contributed by atoms with Crippen LogP contribution in [0.15, 0.2) is 18.2 Å². The summed E-state index contributed by atoms with van der Waals surface area (Å²) in [5, 5.41) is 1.16. The minimum Gasteiger partial charge on any atom is -0.241 e. The molecule has 0 aliphatic heterocycles. The van der Waals surface area contributed by atoms with Crippen molar-refractivity contribution < 1.29 is 0 Å². The lowest BCUT2D eigenvalue weighted by atomic mass is 10.0. The van der Waals surface area contributed by atoms with Gasteiger partial charge in [0.15, 0.2) is 0 Å². The number of aromatic nitrogens is 1. The molecule has 14 heavy (non-hydrogen) atoms. The zero-order chi connectivity index (χ0) is 10.1. The monoisotopic (exact) mass is 205 g/mol. The van der Waals surface area contributed by atoms with Crippen molar-refractivity contribution in [3.05, 3.63) is 28.8 Å². The molecule has 2 heteroatoms. The van der Waals surface area contributed by atoms with Gasteiger partial charge in [-0.2, -0.15) is 0 Å². The first-order valence-corrected chi connectivity index (χ1v) is 5.83. The summed E-state index contributed by atoms with van der Waals surface area (Å²) in [4.78, 5) is 4.58. The van der Waals surface area contributed by atoms with E-state index in [4.69, 9.17) is 0 Å². The zero-order valence-corrected chi connectivity index (χ0v) is 9.69. The molecular weight excluding hydrogens is 190 g/mol. The van der Waals surface area contributed by atoms with Gasteiger partial charge >= 0.3 is 0 Å². The van der Waals surface area contributed by atoms with Crippen molar-refractivity contribution in [1.29, 1.82) is 0 Å². The Hall–Kier alpha value is -0.890. The predicted molar refractivity (Wildman–Crippen MR) is 62.9 cm³/mol. The molecule has 0 saturated heterocycles. The first-order chi connectivity index (χ1) is 6.66. The zero-order valence-electron chi connectivity index (χ0n) is 8.87. The van der Waals surface area contributed by atoms with Crippen LogP contribution in [0.3, 0.4) is 0 Å². The summed E-state index contributed by atoms with van der Waals surface area (Å²) in [6.45, 7) is 6.57. The summed E-state index contributed by atoms with van der Waals surface area (Å²) in [5.74, 6) is 0.697. The lowest BCUT2D eigenvalue weighted by molar-refractivity contribution is 0.649. The molecule has 0 atom stereocenters. The molecule has 1 heterocycles. The molecule has 1 aromatic heterocycles. The van der Waals surface area contributed by atoms with E-state index in [0.29, 0.717) is 5.92 Å². The first-order valence-electron chi connectivity index (χ1n) is 5.02. The molecule has 2 aromatic rings. The molecule has 0 amide bonds. The van der Waals surface area contributed by atoms with E-state index < -0.39 is 0 Å². The summed E-state index contributed by atoms with van der Waals surface area (Å²) >= 11 is 1.78. The van der Waals surface area contributed by atoms with E-state index in [1.807, 2.05) is 0 Å². The van der Waals surface area contributed by atoms with Crippen LogP contribution in [0.2, 0.25) is 0 Å². The minimum atomic E-state index is 0.697. The van der Waals surface area contributed by atoms with Crippen molar-refractivity contribution in [3.63, 3.8) is 0 Å². The molecule has 0 spiro atoms. The van der Waals surface area contributed by atoms with Crippen LogP contribution in [0.25, 0.3) is 10.2 Å². The smallest absolute Gasteiger partial charge is 0.0907 e. The first kappa shape index (κ1) is 9.66. The number of rotatable bonds is 2. The largest absolute Gasteiger partial charge is 0.241 e. The third kappa shape index (κ3) is 1.80. The lowest BCUT2D eigenvalue weighted by Gasteiger charge is -2.04. The summed E-state index contributed by atoms with van der Waals surface area (Å²) in [5.41, 5.74) is 2.60. The highest BCUT2D eigenvalue weighted by atomic mass is 32.1. The average Bonchev–Trinajstić information content (AvgIpc) is 2.45. The Bertz CT molecular complexity index is 443. The van der Waals surface area contributed by atoms with Gasteiger partial charge in [0.05, 0.1) is 15.2 Å². The molecule has 0 aliphatic carbocycles. The Morgan fingerprint density at radius 2 is 2.14 bits per heavy atom. The number of para-hydroxylation sites is 1. The molecule has 0 N–H and O–H groups in total. The molecule has 74 valence electrons. The third-order valence-corrected chi connectivity index (χ3v) is 3.17. The quantitative estimate of drug-likeness (QED) is 0.726. The van der Waals surface area contributed by atoms with Crippen LogP contribution in [-0.4, -0.2) is 4.98 Å². The van der Waals surface area contributed by atoms with E-state index in [1.54, 1.807) is 11.3 Å². The van der Waals surface area contributed by atoms with Crippen molar-refractivity contribution in [1.82, 2.24) is 4.98 Å². The van der Waals surface area contributed by atoms with Gasteiger partial charge in [-0.3, -0.25) is 0 Å². The normalized spacial score (nSPS) is 11.4. The minimum absolute atomic E-state index is 0.697. The van der Waals surface area contributed by atoms with Gasteiger partial charge in [0.2, 0.25) is 0 Å². The van der Waals surface area contributed by atoms with Gasteiger partial charge in [0.25, 0.3) is 0 Å². The van der Waals surface area contributed by atoms with Crippen molar-refractivity contribution in [2.45, 2.75) is 27.2 Å². The maximum atomic E-state index is 4.58. The van der Waals surface area contributed by atoms with Crippen molar-refractivity contribution in [2.24, 2.45) is 5.92 Å². The number of nitrogens with zero attached hydrogens (tertiary/aromatic N) is 1. The van der Waals surface area contributed by atoms with Crippen molar-refractivity contribution in [3.8, 4) is 0 Å². The van der Waals surface area contributed by atoms with Gasteiger partial charge in [-0.05, 0) is 30.9 Å². The van der Waals surface area contributed by atoms with Gasteiger partial charge in [0, 0.05) is 0 Å². The fourth-order valence-corrected chi connectivity index (χ4v) is 2.60. The fraction of sp³-hybridized carbons (Fsp3) is 0.417. The van der Waals surface area contributed by atoms with E-state index >= 15 is 0 Å². The molecular formula is C12H15NS. The summed E-state index contributed by atoms with van der Waals surface area (Å²) in [6, 6.07) is 6.49. The Labute approximate surface area is 88.8 Å². The number of benzene rings is 1. The average molecular weight is 205 g/mol. The fourth-order valence-electron chi connectivity index (χ4n) is 1.72. The number of fused-ring (bicyclic) bond motifs is 1. The Kier molecular flexibility index (Phi) is 2.55. The molecule has 2 rings (SSSR count). The maximum Gasteiger partial charge on any atom is 0.0907 e. The van der Waals surface area contributed by atoms with Gasteiger partial charge in [-0.1, -0.05) is 26.0 Å². The second-order valence-corrected chi connectivity index (χ2v) is 5.33. The van der Waals surface area contributed by atoms with Crippen LogP contribution < -0.4 is 0 Å². The third-order valence-electron chi connectivity index (χ3n) is 2.24. The molecule has 0 aliphatic rings. The van der Waals surface area contributed by atoms with Gasteiger partial charge < -0.3 is 0 Å². The lowest BCUT2D eigenvalue weighted by Crippen LogP contribution is -1.94. The van der Waals surface area contributed by atoms with E-state index in [2.05, 4.69) is 44.0 Å². The van der Waals surface area contributed by atoms with Gasteiger partial charge in [-0.15, -0.1) is 11.3 Å². The highest BCUT2D eigenvalue weighted by molar-refractivity contribution is 7.18. The molecule has 0 bridgehead atoms. The highest BCUT2D eigenvalue weighted by Crippen LogP contribution is 2.25. The van der Waals surface area contributed by atoms with E-state index in [1.165, 1.54) is 15.8 Å². The van der Waals surface area contributed by atoms with Gasteiger partial charge in [0.1, 0.15) is 0 Å². The molecule has 0 unspecified atom stereocenters. The molecule has 1 nitrogen and oxygen atoms in total. The summed E-state index contributed by atoms with van der Waals surface area (Å²) in [7, 11) is 0. The Balaban J connectivity index is 2.53. The van der Waals surface area contributed by atoms with Crippen LogP contribution in [-0.2, 0) is 6.42 Å². The van der Waals surface area contributed by atoms with E-state index in [0.717, 1.165) is 11.4 Å². The van der Waals surface area contributed by atoms with Gasteiger partial charge in [-0.25, -0.2) is 4.98 Å². The Morgan fingerprint density at radius 3 is 2.86 bits per heavy atom. The Morgan fingerprint density at radius 1 is 1.36 bits per heavy atom. The second kappa shape index (κ2) is 3.70. The summed E-state index contributed by atoms with van der Waals surface area (Å²) < 4.78 is 1.32. The second-order valence-electron chi connectivity index (χ2n) is 4.09. The maximum absolute atomic E-state index is 4.58. The SMILES string of the molecule is Cc1nc2c(CC(C)C)cccc2s1. The number of hydrogen-bond donors (Lipinski definition) is 0. The number of thiazole rings is 1. The molecule has 1 aromatic carbocycles. The van der Waals surface area contributed by atoms with Crippen LogP contribution in [0, 0.1) is 12.8 Å². The van der Waals surface area contributed by atoms with Crippen LogP contribution in [0.5, 0.6) is 0 Å². The van der Waals surface area contributed by atoms with Crippen molar-refractivity contribution in [2.75, 3.05) is 0 Å². The van der Waals surface area contributed by atoms with Crippen molar-refractivity contribution >= 4 is 21.6 Å². The summed E-state index contributed by atoms with van der Waals surface area (Å²) in [6.07, 6.45) is 1.13. The van der Waals surface area contributed by atoms with E-state index in [9.17, 15) is 0 Å². The van der Waals surface area contributed by atoms with Crippen LogP contribution in [0.4, 0.5) is 0 Å². The number of aryl methyl sites for hydroxylation is 1. The molecule has 0 radical (unpaired) electrons. The number of hydrogen-bond acceptors (Lipinski definition) is 2.